The van der Waals surface area contributed by atoms with E-state index in [1.807, 2.05) is 0 Å². The highest BCUT2D eigenvalue weighted by atomic mass is 31.2. The van der Waals surface area contributed by atoms with Gasteiger partial charge in [0.25, 0.3) is 0 Å². The minimum absolute atomic E-state index is 0.156. The number of ether oxygens (including phenoxy) is 3. The van der Waals surface area contributed by atoms with Gasteiger partial charge in [-0.15, -0.1) is 0 Å². The van der Waals surface area contributed by atoms with Crippen LogP contribution in [-0.4, -0.2) is 66.5 Å². The lowest BCUT2D eigenvalue weighted by Gasteiger charge is -2.21. The Balaban J connectivity index is 4.72. The van der Waals surface area contributed by atoms with E-state index in [1.165, 1.54) is 122 Å². The summed E-state index contributed by atoms with van der Waals surface area (Å²) in [5.41, 5.74) is 0. The van der Waals surface area contributed by atoms with E-state index in [9.17, 15) is 28.9 Å². The Morgan fingerprint density at radius 2 is 0.667 bits per heavy atom. The maximum absolute atomic E-state index is 13.0. The first-order valence-electron chi connectivity index (χ1n) is 31.8. The molecule has 0 aromatic heterocycles. The van der Waals surface area contributed by atoms with Crippen LogP contribution in [0.1, 0.15) is 290 Å². The van der Waals surface area contributed by atoms with Crippen molar-refractivity contribution < 1.29 is 52.2 Å². The van der Waals surface area contributed by atoms with Crippen LogP contribution in [0, 0.1) is 0 Å². The fourth-order valence-corrected chi connectivity index (χ4v) is 9.53. The van der Waals surface area contributed by atoms with Crippen LogP contribution in [0.5, 0.6) is 0 Å². The summed E-state index contributed by atoms with van der Waals surface area (Å²) in [5, 5.41) is 9.84. The lowest BCUT2D eigenvalue weighted by atomic mass is 10.1. The molecular weight excluding hydrogens is 1000 g/mol. The molecule has 0 saturated heterocycles. The van der Waals surface area contributed by atoms with Crippen LogP contribution in [0.2, 0.25) is 0 Å². The van der Waals surface area contributed by atoms with Gasteiger partial charge in [0.15, 0.2) is 6.10 Å². The minimum atomic E-state index is -4.76. The van der Waals surface area contributed by atoms with Gasteiger partial charge in [0.2, 0.25) is 0 Å². The van der Waals surface area contributed by atoms with Crippen LogP contribution in [0.3, 0.4) is 0 Å². The third-order valence-electron chi connectivity index (χ3n) is 13.6. The van der Waals surface area contributed by atoms with E-state index in [-0.39, 0.29) is 25.9 Å². The van der Waals surface area contributed by atoms with Gasteiger partial charge in [0.05, 0.1) is 19.8 Å². The largest absolute Gasteiger partial charge is 0.472 e. The number of carbonyl (C=O) groups is 3. The van der Waals surface area contributed by atoms with E-state index in [1.54, 1.807) is 0 Å². The number of aliphatic hydroxyl groups is 1. The normalized spacial score (nSPS) is 13.8. The highest BCUT2D eigenvalue weighted by Crippen LogP contribution is 2.43. The minimum Gasteiger partial charge on any atom is -0.462 e. The number of hydrogen-bond acceptors (Lipinski definition) is 10. The van der Waals surface area contributed by atoms with E-state index < -0.39 is 57.8 Å². The summed E-state index contributed by atoms with van der Waals surface area (Å²) >= 11 is 0. The van der Waals surface area contributed by atoms with E-state index in [0.717, 1.165) is 109 Å². The molecule has 78 heavy (non-hydrogen) atoms. The maximum atomic E-state index is 13.0. The third kappa shape index (κ3) is 57.6. The lowest BCUT2D eigenvalue weighted by Crippen LogP contribution is -2.30. The molecular formula is C66H117O11P. The Hall–Kier alpha value is -3.08. The molecule has 0 rings (SSSR count). The van der Waals surface area contributed by atoms with E-state index in [0.29, 0.717) is 19.3 Å². The van der Waals surface area contributed by atoms with Crippen LogP contribution in [0.25, 0.3) is 0 Å². The molecule has 452 valence electrons. The zero-order valence-electron chi connectivity index (χ0n) is 50.1. The standard InChI is InChI=1S/C66H117O11P/c1-4-7-10-13-16-19-22-25-28-30-31-33-36-39-42-45-48-51-54-57-66(70)77-63(59-73-64(68)55-52-49-46-43-40-37-35-32-29-26-23-20-17-14-11-8-5-2)61-75-78(71,72)74-60-62(58-67)76-65(69)56-53-50-47-44-41-38-34-27-24-21-18-15-12-9-6-3/h9,12,16,18-19,21,25-29,34,62-63,67H,4-8,10-11,13-15,17,20,22-24,30-33,35-61H2,1-3H3,(H,71,72)/b12-9-,19-16-,21-18-,28-25-,29-26-,34-27-. The number of unbranched alkanes of at least 4 members (excludes halogenated alkanes) is 30. The molecule has 0 bridgehead atoms. The van der Waals surface area contributed by atoms with Crippen molar-refractivity contribution in [2.24, 2.45) is 0 Å². The molecule has 0 saturated carbocycles. The lowest BCUT2D eigenvalue weighted by molar-refractivity contribution is -0.161. The first kappa shape index (κ1) is 74.9. The van der Waals surface area contributed by atoms with Gasteiger partial charge in [-0.25, -0.2) is 4.57 Å². The molecule has 2 N–H and O–H groups in total. The van der Waals surface area contributed by atoms with Crippen LogP contribution in [-0.2, 0) is 42.2 Å². The Morgan fingerprint density at radius 1 is 0.372 bits per heavy atom. The third-order valence-corrected chi connectivity index (χ3v) is 14.5. The topological polar surface area (TPSA) is 155 Å². The molecule has 0 aromatic carbocycles. The van der Waals surface area contributed by atoms with Crippen molar-refractivity contribution in [3.05, 3.63) is 72.9 Å². The predicted octanol–water partition coefficient (Wildman–Crippen LogP) is 19.3. The number of aliphatic hydroxyl groups excluding tert-OH is 1. The van der Waals surface area contributed by atoms with Crippen molar-refractivity contribution in [3.63, 3.8) is 0 Å². The molecule has 12 heteroatoms. The molecule has 0 aliphatic carbocycles. The molecule has 0 aliphatic rings. The van der Waals surface area contributed by atoms with Gasteiger partial charge in [-0.2, -0.15) is 0 Å². The van der Waals surface area contributed by atoms with Crippen molar-refractivity contribution in [1.82, 2.24) is 0 Å². The number of esters is 3. The first-order valence-corrected chi connectivity index (χ1v) is 33.3. The van der Waals surface area contributed by atoms with E-state index in [4.69, 9.17) is 23.3 Å². The molecule has 0 amide bonds. The summed E-state index contributed by atoms with van der Waals surface area (Å²) in [6, 6.07) is 0. The second kappa shape index (κ2) is 60.0. The summed E-state index contributed by atoms with van der Waals surface area (Å²) in [4.78, 5) is 48.7. The van der Waals surface area contributed by atoms with Crippen LogP contribution < -0.4 is 0 Å². The molecule has 11 nitrogen and oxygen atoms in total. The van der Waals surface area contributed by atoms with Crippen molar-refractivity contribution in [1.29, 1.82) is 0 Å². The molecule has 0 heterocycles. The second-order valence-electron chi connectivity index (χ2n) is 21.2. The molecule has 0 spiro atoms. The van der Waals surface area contributed by atoms with Gasteiger partial charge in [0.1, 0.15) is 12.7 Å². The zero-order valence-corrected chi connectivity index (χ0v) is 51.0. The smallest absolute Gasteiger partial charge is 0.462 e. The van der Waals surface area contributed by atoms with Gasteiger partial charge < -0.3 is 24.2 Å². The number of allylic oxidation sites excluding steroid dienone is 12. The molecule has 3 unspecified atom stereocenters. The number of rotatable bonds is 59. The molecule has 0 aromatic rings. The summed E-state index contributed by atoms with van der Waals surface area (Å²) in [5.74, 6) is -1.48. The fourth-order valence-electron chi connectivity index (χ4n) is 8.75. The summed E-state index contributed by atoms with van der Waals surface area (Å²) in [7, 11) is -4.76. The van der Waals surface area contributed by atoms with Gasteiger partial charge in [-0.1, -0.05) is 235 Å². The predicted molar refractivity (Wildman–Crippen MR) is 325 cm³/mol. The van der Waals surface area contributed by atoms with Gasteiger partial charge in [-0.05, 0) is 109 Å². The maximum Gasteiger partial charge on any atom is 0.472 e. The second-order valence-corrected chi connectivity index (χ2v) is 22.6. The molecule has 3 atom stereocenters. The van der Waals surface area contributed by atoms with Gasteiger partial charge in [-0.3, -0.25) is 23.4 Å². The highest BCUT2D eigenvalue weighted by molar-refractivity contribution is 7.47. The van der Waals surface area contributed by atoms with Gasteiger partial charge in [0, 0.05) is 19.3 Å². The number of phosphoric acid groups is 1. The Labute approximate surface area is 478 Å². The zero-order chi connectivity index (χ0) is 56.9. The summed E-state index contributed by atoms with van der Waals surface area (Å²) in [6.45, 7) is 4.51. The number of carbonyl (C=O) groups excluding carboxylic acids is 3. The average Bonchev–Trinajstić information content (AvgIpc) is 3.43. The number of phosphoric ester groups is 1. The van der Waals surface area contributed by atoms with Crippen molar-refractivity contribution in [2.45, 2.75) is 303 Å². The van der Waals surface area contributed by atoms with Crippen LogP contribution >= 0.6 is 7.82 Å². The molecule has 0 aliphatic heterocycles. The van der Waals surface area contributed by atoms with Crippen LogP contribution in [0.4, 0.5) is 0 Å². The Bertz CT molecular complexity index is 1590. The Kier molecular flexibility index (Phi) is 57.7. The average molecular weight is 1120 g/mol. The number of hydrogen-bond donors (Lipinski definition) is 2. The van der Waals surface area contributed by atoms with E-state index in [2.05, 4.69) is 93.7 Å². The summed E-state index contributed by atoms with van der Waals surface area (Å²) < 4.78 is 39.7. The molecule has 0 radical (unpaired) electrons. The Morgan fingerprint density at radius 3 is 1.06 bits per heavy atom. The van der Waals surface area contributed by atoms with E-state index >= 15 is 0 Å². The quantitative estimate of drug-likeness (QED) is 0.0197. The first-order chi connectivity index (χ1) is 38.2. The van der Waals surface area contributed by atoms with Crippen molar-refractivity contribution >= 4 is 25.7 Å². The van der Waals surface area contributed by atoms with Crippen molar-refractivity contribution in [2.75, 3.05) is 26.4 Å². The van der Waals surface area contributed by atoms with Gasteiger partial charge >= 0.3 is 25.7 Å². The van der Waals surface area contributed by atoms with Crippen molar-refractivity contribution in [3.8, 4) is 0 Å². The SMILES string of the molecule is CC/C=C\C/C=C\C/C=C\CCCCCCCC(=O)OC(CO)COP(=O)(O)OCC(COC(=O)CCCCCCCCC/C=C\CCCCCCCC)OC(=O)CCCCCCCCCCC/C=C\C/C=C\CCCCC. The fraction of sp³-hybridized carbons (Fsp3) is 0.773. The molecule has 0 fully saturated rings. The van der Waals surface area contributed by atoms with Crippen LogP contribution in [0.15, 0.2) is 72.9 Å². The monoisotopic (exact) mass is 1120 g/mol. The highest BCUT2D eigenvalue weighted by Gasteiger charge is 2.28. The summed E-state index contributed by atoms with van der Waals surface area (Å²) in [6.07, 6.45) is 68.5.